The highest BCUT2D eigenvalue weighted by Gasteiger charge is 2.42. The normalized spacial score (nSPS) is 16.0. The van der Waals surface area contributed by atoms with Gasteiger partial charge >= 0.3 is 6.03 Å². The smallest absolute Gasteiger partial charge is 0.318 e. The monoisotopic (exact) mass is 320 g/mol. The molecule has 24 heavy (non-hydrogen) atoms. The van der Waals surface area contributed by atoms with Crippen molar-refractivity contribution < 1.29 is 4.79 Å². The highest BCUT2D eigenvalue weighted by molar-refractivity contribution is 5.94. The zero-order chi connectivity index (χ0) is 17.2. The molecule has 0 spiro atoms. The lowest BCUT2D eigenvalue weighted by atomic mass is 10.1. The Kier molecular flexibility index (Phi) is 4.22. The Bertz CT molecular complexity index is 788. The van der Waals surface area contributed by atoms with Crippen LogP contribution in [-0.2, 0) is 0 Å². The fourth-order valence-corrected chi connectivity index (χ4v) is 2.88. The summed E-state index contributed by atoms with van der Waals surface area (Å²) in [6.07, 6.45) is 3.32. The van der Waals surface area contributed by atoms with E-state index in [4.69, 9.17) is 0 Å². The third-order valence-electron chi connectivity index (χ3n) is 4.10. The summed E-state index contributed by atoms with van der Waals surface area (Å²) in [7, 11) is 0. The van der Waals surface area contributed by atoms with Crippen molar-refractivity contribution in [1.82, 2.24) is 14.9 Å². The molecule has 0 radical (unpaired) electrons. The van der Waals surface area contributed by atoms with Crippen molar-refractivity contribution in [3.05, 3.63) is 54.1 Å². The Labute approximate surface area is 142 Å². The van der Waals surface area contributed by atoms with Gasteiger partial charge < -0.3 is 4.90 Å². The second-order valence-corrected chi connectivity index (χ2v) is 6.31. The standard InChI is InChI=1S/C19H20N4O/c1-4-23-18(24)22(14-19(23,2)3)16-12-20-17(21-13-16)11-10-15-8-6-5-7-9-15/h5-9,12-13H,4,14H2,1-3H3. The molecule has 1 fully saturated rings. The predicted molar refractivity (Wildman–Crippen MR) is 93.7 cm³/mol. The van der Waals surface area contributed by atoms with E-state index in [0.717, 1.165) is 5.56 Å². The molecule has 0 bridgehead atoms. The maximum Gasteiger partial charge on any atom is 0.325 e. The molecule has 2 heterocycles. The Morgan fingerprint density at radius 1 is 1.12 bits per heavy atom. The van der Waals surface area contributed by atoms with Gasteiger partial charge in [0.05, 0.1) is 30.2 Å². The summed E-state index contributed by atoms with van der Waals surface area (Å²) in [5.74, 6) is 6.41. The molecule has 0 atom stereocenters. The summed E-state index contributed by atoms with van der Waals surface area (Å²) in [4.78, 5) is 24.6. The first-order valence-corrected chi connectivity index (χ1v) is 7.99. The van der Waals surface area contributed by atoms with Crippen LogP contribution in [0.15, 0.2) is 42.7 Å². The number of amides is 2. The van der Waals surface area contributed by atoms with Gasteiger partial charge in [0, 0.05) is 12.1 Å². The number of hydrogen-bond donors (Lipinski definition) is 0. The van der Waals surface area contributed by atoms with Crippen molar-refractivity contribution >= 4 is 11.7 Å². The molecule has 2 aromatic rings. The van der Waals surface area contributed by atoms with E-state index < -0.39 is 0 Å². The number of rotatable bonds is 2. The number of nitrogens with zero attached hydrogens (tertiary/aromatic N) is 4. The minimum atomic E-state index is -0.197. The molecule has 3 rings (SSSR count). The van der Waals surface area contributed by atoms with Crippen LogP contribution in [-0.4, -0.2) is 39.5 Å². The van der Waals surface area contributed by atoms with Gasteiger partial charge in [0.15, 0.2) is 0 Å². The molecule has 1 aromatic carbocycles. The third kappa shape index (κ3) is 3.09. The summed E-state index contributed by atoms with van der Waals surface area (Å²) in [5.41, 5.74) is 1.42. The van der Waals surface area contributed by atoms with E-state index in [-0.39, 0.29) is 11.6 Å². The summed E-state index contributed by atoms with van der Waals surface area (Å²) in [5, 5.41) is 0. The molecule has 5 heteroatoms. The molecule has 1 aliphatic rings. The lowest BCUT2D eigenvalue weighted by Crippen LogP contribution is -2.41. The van der Waals surface area contributed by atoms with Crippen molar-refractivity contribution in [1.29, 1.82) is 0 Å². The van der Waals surface area contributed by atoms with Gasteiger partial charge in [0.1, 0.15) is 0 Å². The number of likely N-dealkylation sites (N-methyl/N-ethyl adjacent to an activating group) is 1. The number of anilines is 1. The molecule has 0 N–H and O–H groups in total. The van der Waals surface area contributed by atoms with Crippen molar-refractivity contribution in [3.63, 3.8) is 0 Å². The van der Waals surface area contributed by atoms with E-state index >= 15 is 0 Å². The van der Waals surface area contributed by atoms with Crippen LogP contribution in [0.5, 0.6) is 0 Å². The molecule has 122 valence electrons. The first-order valence-electron chi connectivity index (χ1n) is 7.99. The van der Waals surface area contributed by atoms with E-state index in [1.54, 1.807) is 17.3 Å². The van der Waals surface area contributed by atoms with Gasteiger partial charge in [-0.1, -0.05) is 24.1 Å². The highest BCUT2D eigenvalue weighted by atomic mass is 16.2. The van der Waals surface area contributed by atoms with Crippen LogP contribution in [0.1, 0.15) is 32.2 Å². The largest absolute Gasteiger partial charge is 0.325 e. The zero-order valence-corrected chi connectivity index (χ0v) is 14.2. The Morgan fingerprint density at radius 2 is 1.79 bits per heavy atom. The fourth-order valence-electron chi connectivity index (χ4n) is 2.88. The van der Waals surface area contributed by atoms with Gasteiger partial charge in [0.2, 0.25) is 5.82 Å². The highest BCUT2D eigenvalue weighted by Crippen LogP contribution is 2.29. The van der Waals surface area contributed by atoms with Crippen molar-refractivity contribution in [2.45, 2.75) is 26.3 Å². The first kappa shape index (κ1) is 16.0. The summed E-state index contributed by atoms with van der Waals surface area (Å²) >= 11 is 0. The second-order valence-electron chi connectivity index (χ2n) is 6.31. The van der Waals surface area contributed by atoms with Crippen LogP contribution in [0.2, 0.25) is 0 Å². The van der Waals surface area contributed by atoms with Crippen LogP contribution >= 0.6 is 0 Å². The average molecular weight is 320 g/mol. The van der Waals surface area contributed by atoms with Crippen LogP contribution in [0, 0.1) is 11.8 Å². The topological polar surface area (TPSA) is 49.3 Å². The Balaban J connectivity index is 1.78. The van der Waals surface area contributed by atoms with E-state index in [9.17, 15) is 4.79 Å². The predicted octanol–water partition coefficient (Wildman–Crippen LogP) is 2.92. The summed E-state index contributed by atoms with van der Waals surface area (Å²) in [6, 6.07) is 9.69. The van der Waals surface area contributed by atoms with Crippen molar-refractivity contribution in [3.8, 4) is 11.8 Å². The van der Waals surface area contributed by atoms with Crippen molar-refractivity contribution in [2.24, 2.45) is 0 Å². The minimum Gasteiger partial charge on any atom is -0.318 e. The molecule has 1 aromatic heterocycles. The molecule has 1 saturated heterocycles. The molecule has 0 aliphatic carbocycles. The van der Waals surface area contributed by atoms with Crippen LogP contribution in [0.3, 0.4) is 0 Å². The number of urea groups is 1. The minimum absolute atomic E-state index is 0.00535. The Morgan fingerprint density at radius 3 is 2.38 bits per heavy atom. The van der Waals surface area contributed by atoms with Gasteiger partial charge in [-0.05, 0) is 38.8 Å². The maximum atomic E-state index is 12.5. The molecule has 0 saturated carbocycles. The maximum absolute atomic E-state index is 12.5. The van der Waals surface area contributed by atoms with Crippen LogP contribution in [0.25, 0.3) is 0 Å². The van der Waals surface area contributed by atoms with E-state index in [2.05, 4.69) is 35.7 Å². The fraction of sp³-hybridized carbons (Fsp3) is 0.316. The van der Waals surface area contributed by atoms with E-state index in [0.29, 0.717) is 24.6 Å². The third-order valence-corrected chi connectivity index (χ3v) is 4.10. The van der Waals surface area contributed by atoms with Gasteiger partial charge in [-0.25, -0.2) is 14.8 Å². The van der Waals surface area contributed by atoms with Gasteiger partial charge in [-0.2, -0.15) is 0 Å². The SMILES string of the molecule is CCN1C(=O)N(c2cnc(C#Cc3ccccc3)nc2)CC1(C)C. The number of benzene rings is 1. The lowest BCUT2D eigenvalue weighted by Gasteiger charge is -2.27. The first-order chi connectivity index (χ1) is 11.5. The summed E-state index contributed by atoms with van der Waals surface area (Å²) in [6.45, 7) is 7.42. The van der Waals surface area contributed by atoms with Gasteiger partial charge in [-0.3, -0.25) is 4.90 Å². The lowest BCUT2D eigenvalue weighted by molar-refractivity contribution is 0.182. The molecule has 2 amide bonds. The average Bonchev–Trinajstić information content (AvgIpc) is 2.83. The second kappa shape index (κ2) is 6.32. The number of hydrogen-bond acceptors (Lipinski definition) is 3. The van der Waals surface area contributed by atoms with Crippen LogP contribution in [0.4, 0.5) is 10.5 Å². The Hall–Kier alpha value is -2.87. The van der Waals surface area contributed by atoms with Crippen molar-refractivity contribution in [2.75, 3.05) is 18.0 Å². The quantitative estimate of drug-likeness (QED) is 0.800. The summed E-state index contributed by atoms with van der Waals surface area (Å²) < 4.78 is 0. The molecular weight excluding hydrogens is 300 g/mol. The number of carbonyl (C=O) groups excluding carboxylic acids is 1. The zero-order valence-electron chi connectivity index (χ0n) is 14.2. The van der Waals surface area contributed by atoms with E-state index in [1.807, 2.05) is 42.2 Å². The van der Waals surface area contributed by atoms with E-state index in [1.165, 1.54) is 0 Å². The van der Waals surface area contributed by atoms with Gasteiger partial charge in [0.25, 0.3) is 0 Å². The molecular formula is C19H20N4O. The molecule has 1 aliphatic heterocycles. The number of carbonyl (C=O) groups is 1. The molecule has 0 unspecified atom stereocenters. The number of aromatic nitrogens is 2. The van der Waals surface area contributed by atoms with Gasteiger partial charge in [-0.15, -0.1) is 0 Å². The van der Waals surface area contributed by atoms with Crippen LogP contribution < -0.4 is 4.90 Å². The molecule has 5 nitrogen and oxygen atoms in total.